The summed E-state index contributed by atoms with van der Waals surface area (Å²) in [5.41, 5.74) is 0. The Morgan fingerprint density at radius 2 is 1.39 bits per heavy atom. The molecule has 1 rings (SSSR count). The van der Waals surface area contributed by atoms with Crippen LogP contribution in [0.3, 0.4) is 0 Å². The maximum absolute atomic E-state index is 12.0. The Morgan fingerprint density at radius 1 is 0.903 bits per heavy atom. The summed E-state index contributed by atoms with van der Waals surface area (Å²) in [4.78, 5) is 23.1. The second kappa shape index (κ2) is 10.7. The number of carbonyl (C=O) groups is 2. The van der Waals surface area contributed by atoms with Gasteiger partial charge in [0.2, 0.25) is 43.0 Å². The first kappa shape index (κ1) is 28.0. The third kappa shape index (κ3) is 10.4. The molecule has 0 aromatic heterocycles. The Morgan fingerprint density at radius 3 is 1.84 bits per heavy atom. The second-order valence-corrected chi connectivity index (χ2v) is 9.29. The van der Waals surface area contributed by atoms with E-state index in [9.17, 15) is 48.5 Å². The summed E-state index contributed by atoms with van der Waals surface area (Å²) in [5.74, 6) is -3.53. The molecule has 1 saturated heterocycles. The lowest BCUT2D eigenvalue weighted by Crippen LogP contribution is -2.63. The van der Waals surface area contributed by atoms with E-state index in [1.807, 2.05) is 5.32 Å². The van der Waals surface area contributed by atoms with Gasteiger partial charge in [-0.3, -0.25) is 18.0 Å². The second-order valence-electron chi connectivity index (χ2n) is 5.70. The van der Waals surface area contributed by atoms with Gasteiger partial charge in [0.05, 0.1) is 11.9 Å². The van der Waals surface area contributed by atoms with Gasteiger partial charge < -0.3 is 29.0 Å². The van der Waals surface area contributed by atoms with Crippen LogP contribution in [0.15, 0.2) is 0 Å². The van der Waals surface area contributed by atoms with Crippen LogP contribution in [0.25, 0.3) is 0 Å². The molecule has 0 aromatic carbocycles. The summed E-state index contributed by atoms with van der Waals surface area (Å²) < 4.78 is 116. The van der Waals surface area contributed by atoms with E-state index in [0.29, 0.717) is 0 Å². The Bertz CT molecular complexity index is 981. The molecule has 31 heavy (non-hydrogen) atoms. The van der Waals surface area contributed by atoms with Gasteiger partial charge in [0, 0.05) is 5.92 Å². The van der Waals surface area contributed by atoms with Crippen LogP contribution < -0.4 is 10.6 Å². The van der Waals surface area contributed by atoms with Crippen LogP contribution in [0.4, 0.5) is 0 Å². The lowest BCUT2D eigenvalue weighted by molar-refractivity contribution is -0.246. The van der Waals surface area contributed by atoms with Crippen LogP contribution in [0.5, 0.6) is 0 Å². The molecule has 0 radical (unpaired) electrons. The molecule has 0 spiro atoms. The Kier molecular flexibility index (Phi) is 9.71. The van der Waals surface area contributed by atoms with Gasteiger partial charge in [-0.1, -0.05) is 22.9 Å². The van der Waals surface area contributed by atoms with Crippen molar-refractivity contribution in [2.75, 3.05) is 11.9 Å². The average molecular weight is 578 g/mol. The Labute approximate surface area is 184 Å². The molecule has 0 bridgehead atoms. The van der Waals surface area contributed by atoms with Gasteiger partial charge in [0.25, 0.3) is 0 Å². The average Bonchev–Trinajstić information content (AvgIpc) is 2.56. The first-order valence-corrected chi connectivity index (χ1v) is 12.7. The van der Waals surface area contributed by atoms with Crippen LogP contribution in [-0.4, -0.2) is 87.3 Å². The number of halogens is 1. The van der Waals surface area contributed by atoms with Gasteiger partial charge in [-0.2, -0.15) is 0 Å². The summed E-state index contributed by atoms with van der Waals surface area (Å²) in [5, 5.41) is 3.71. The fourth-order valence-electron chi connectivity index (χ4n) is 2.27. The molecule has 0 aliphatic carbocycles. The highest BCUT2D eigenvalue weighted by Crippen LogP contribution is 2.32. The molecule has 1 aliphatic rings. The van der Waals surface area contributed by atoms with Crippen molar-refractivity contribution in [2.45, 2.75) is 31.6 Å². The molecule has 17 nitrogen and oxygen atoms in total. The van der Waals surface area contributed by atoms with Gasteiger partial charge >= 0.3 is 0 Å². The van der Waals surface area contributed by atoms with Gasteiger partial charge in [-0.15, -0.1) is 0 Å². The van der Waals surface area contributed by atoms with Crippen molar-refractivity contribution in [3.05, 3.63) is 0 Å². The fourth-order valence-corrected chi connectivity index (χ4v) is 3.96. The van der Waals surface area contributed by atoms with Crippen molar-refractivity contribution < 1.29 is 65.8 Å². The van der Waals surface area contributed by atoms with E-state index in [4.69, 9.17) is 4.74 Å². The highest BCUT2D eigenvalue weighted by molar-refractivity contribution is 9.09. The molecule has 0 aromatic rings. The number of hydrogen-bond acceptors (Lipinski definition) is 15. The molecule has 1 fully saturated rings. The van der Waals surface area contributed by atoms with E-state index < -0.39 is 80.2 Å². The van der Waals surface area contributed by atoms with Crippen molar-refractivity contribution in [2.24, 2.45) is 5.92 Å². The lowest BCUT2D eigenvalue weighted by Gasteiger charge is -2.44. The summed E-state index contributed by atoms with van der Waals surface area (Å²) in [6.07, 6.45) is -9.06. The summed E-state index contributed by atoms with van der Waals surface area (Å²) in [6, 6.07) is 0. The number of hydrogen-bond donors (Lipinski definition) is 2. The summed E-state index contributed by atoms with van der Waals surface area (Å²) in [7, 11) is -16.8. The number of amides is 2. The fraction of sp³-hybridized carbons (Fsp3) is 0.800. The van der Waals surface area contributed by atoms with Crippen molar-refractivity contribution in [1.82, 2.24) is 10.6 Å². The van der Waals surface area contributed by atoms with Crippen molar-refractivity contribution >= 4 is 58.9 Å². The zero-order valence-electron chi connectivity index (χ0n) is 15.0. The highest BCUT2D eigenvalue weighted by Gasteiger charge is 2.49. The lowest BCUT2D eigenvalue weighted by atomic mass is 9.95. The molecule has 2 amide bonds. The van der Waals surface area contributed by atoms with Crippen molar-refractivity contribution in [1.29, 1.82) is 0 Å². The van der Waals surface area contributed by atoms with E-state index in [0.717, 1.165) is 6.92 Å². The highest BCUT2D eigenvalue weighted by atomic mass is 79.9. The molecular weight excluding hydrogens is 564 g/mol. The molecule has 1 aliphatic heterocycles. The molecule has 1 heterocycles. The van der Waals surface area contributed by atoms with Gasteiger partial charge in [0.15, 0.2) is 12.5 Å². The summed E-state index contributed by atoms with van der Waals surface area (Å²) >= 11 is 2.79. The van der Waals surface area contributed by atoms with Gasteiger partial charge in [-0.25, -0.2) is 29.4 Å². The number of ether oxygens (including phenoxy) is 1. The zero-order valence-corrected chi connectivity index (χ0v) is 19.1. The SMILES string of the molecule is C[C@H]1C(OS(=O)(=O)[O-])O[C@@H](NC(=O)CNC(=O)CBr)C(OS(=O)(=O)[O-])[C@@H]1OS(=O)(=O)[O-]. The topological polar surface area (TPSA) is 267 Å². The van der Waals surface area contributed by atoms with E-state index in [1.54, 1.807) is 0 Å². The van der Waals surface area contributed by atoms with Crippen LogP contribution >= 0.6 is 15.9 Å². The summed E-state index contributed by atoms with van der Waals surface area (Å²) in [6.45, 7) is 0.140. The largest absolute Gasteiger partial charge is 0.726 e. The molecule has 182 valence electrons. The molecular formula is C10H14BrN2O15S3-3. The third-order valence-corrected chi connectivity index (χ3v) is 5.24. The molecule has 2 unspecified atom stereocenters. The van der Waals surface area contributed by atoms with Crippen molar-refractivity contribution in [3.8, 4) is 0 Å². The minimum atomic E-state index is -5.64. The number of rotatable bonds is 10. The molecule has 5 atom stereocenters. The van der Waals surface area contributed by atoms with E-state index in [-0.39, 0.29) is 5.33 Å². The number of alkyl halides is 1. The molecule has 0 saturated carbocycles. The van der Waals surface area contributed by atoms with E-state index >= 15 is 0 Å². The van der Waals surface area contributed by atoms with Crippen LogP contribution in [0, 0.1) is 5.92 Å². The van der Waals surface area contributed by atoms with Crippen LogP contribution in [0.2, 0.25) is 0 Å². The van der Waals surface area contributed by atoms with Gasteiger partial charge in [-0.05, 0) is 0 Å². The minimum Gasteiger partial charge on any atom is -0.726 e. The van der Waals surface area contributed by atoms with Crippen LogP contribution in [-0.2, 0) is 58.1 Å². The first-order valence-electron chi connectivity index (χ1n) is 7.61. The predicted molar refractivity (Wildman–Crippen MR) is 92.7 cm³/mol. The molecule has 2 N–H and O–H groups in total. The maximum atomic E-state index is 12.0. The van der Waals surface area contributed by atoms with E-state index in [2.05, 4.69) is 33.8 Å². The third-order valence-electron chi connectivity index (χ3n) is 3.39. The first-order chi connectivity index (χ1) is 13.9. The standard InChI is InChI=1S/C10H17BrN2O15S3/c1-4-7(26-29(16,17)18)8(27-30(19,20)21)9(25-10(4)28-31(22,23)24)13-6(15)3-12-5(14)2-11/h4,7-10H,2-3H2,1H3,(H,12,14)(H,13,15)(H,16,17,18)(H,19,20,21)(H,22,23,24)/p-3/t4-,7-,8?,9-,10?/m1/s1. The zero-order chi connectivity index (χ0) is 24.2. The molecule has 21 heteroatoms. The quantitative estimate of drug-likeness (QED) is 0.142. The monoisotopic (exact) mass is 577 g/mol. The number of nitrogens with one attached hydrogen (secondary N) is 2. The normalized spacial score (nSPS) is 27.5. The van der Waals surface area contributed by atoms with Gasteiger partial charge in [0.1, 0.15) is 12.2 Å². The van der Waals surface area contributed by atoms with Crippen LogP contribution in [0.1, 0.15) is 6.92 Å². The minimum absolute atomic E-state index is 0.202. The van der Waals surface area contributed by atoms with E-state index in [1.165, 1.54) is 0 Å². The van der Waals surface area contributed by atoms with Crippen molar-refractivity contribution in [3.63, 3.8) is 0 Å². The Hall–Kier alpha value is -1.01. The predicted octanol–water partition coefficient (Wildman–Crippen LogP) is -3.90. The number of carbonyl (C=O) groups excluding carboxylic acids is 2. The Balaban J connectivity index is 3.29. The maximum Gasteiger partial charge on any atom is 0.241 e. The smallest absolute Gasteiger partial charge is 0.241 e.